The van der Waals surface area contributed by atoms with Gasteiger partial charge in [0.25, 0.3) is 0 Å². The predicted molar refractivity (Wildman–Crippen MR) is 81.4 cm³/mol. The zero-order valence-corrected chi connectivity index (χ0v) is 12.6. The third kappa shape index (κ3) is 1.45. The fraction of sp³-hybridized carbons (Fsp3) is 0.444. The van der Waals surface area contributed by atoms with Crippen LogP contribution in [0.15, 0.2) is 58.5 Å². The molecular weight excluding hydrogens is 280 g/mol. The molecular formula is C18H18O2S. The molecule has 0 aromatic heterocycles. The van der Waals surface area contributed by atoms with Gasteiger partial charge in [-0.05, 0) is 55.1 Å². The Hall–Kier alpha value is -1.35. The second-order valence-electron chi connectivity index (χ2n) is 6.92. The third-order valence-corrected chi connectivity index (χ3v) is 8.28. The van der Waals surface area contributed by atoms with E-state index in [0.717, 1.165) is 12.8 Å². The highest BCUT2D eigenvalue weighted by molar-refractivity contribution is 7.92. The molecule has 0 aliphatic heterocycles. The molecule has 0 N–H and O–H groups in total. The Bertz CT molecular complexity index is 773. The standard InChI is InChI=1S/C18H18O2S/c19-21(20,14-4-2-1-3-5-14)16-10-13-9-15(16)18-12-7-6-11(8-12)17(13)18/h1-7,11-13,15-16H,8-10H2/t11-,12-,13+,15-,16-/m0/s1. The highest BCUT2D eigenvalue weighted by Crippen LogP contribution is 2.62. The molecule has 1 fully saturated rings. The summed E-state index contributed by atoms with van der Waals surface area (Å²) < 4.78 is 26.0. The summed E-state index contributed by atoms with van der Waals surface area (Å²) in [5.74, 6) is 2.01. The normalized spacial score (nSPS) is 39.3. The second-order valence-corrected chi connectivity index (χ2v) is 9.08. The van der Waals surface area contributed by atoms with Gasteiger partial charge in [0.2, 0.25) is 0 Å². The molecule has 5 rings (SSSR count). The first-order valence-corrected chi connectivity index (χ1v) is 9.42. The van der Waals surface area contributed by atoms with Crippen molar-refractivity contribution in [2.75, 3.05) is 0 Å². The van der Waals surface area contributed by atoms with Gasteiger partial charge in [-0.25, -0.2) is 8.42 Å². The lowest BCUT2D eigenvalue weighted by Crippen LogP contribution is -2.30. The number of hydrogen-bond donors (Lipinski definition) is 0. The van der Waals surface area contributed by atoms with E-state index in [-0.39, 0.29) is 11.2 Å². The number of benzene rings is 1. The lowest BCUT2D eigenvalue weighted by atomic mass is 9.85. The maximum atomic E-state index is 13.0. The van der Waals surface area contributed by atoms with Gasteiger partial charge in [-0.15, -0.1) is 0 Å². The zero-order valence-electron chi connectivity index (χ0n) is 11.8. The monoisotopic (exact) mass is 298 g/mol. The van der Waals surface area contributed by atoms with Gasteiger partial charge in [-0.2, -0.15) is 0 Å². The number of sulfone groups is 1. The molecule has 21 heavy (non-hydrogen) atoms. The van der Waals surface area contributed by atoms with Crippen LogP contribution in [0, 0.1) is 23.7 Å². The zero-order chi connectivity index (χ0) is 14.2. The predicted octanol–water partition coefficient (Wildman–Crippen LogP) is 3.37. The minimum Gasteiger partial charge on any atom is -0.223 e. The van der Waals surface area contributed by atoms with E-state index in [2.05, 4.69) is 12.2 Å². The minimum atomic E-state index is -3.18. The molecule has 1 aromatic carbocycles. The van der Waals surface area contributed by atoms with Crippen LogP contribution in [-0.4, -0.2) is 13.7 Å². The highest BCUT2D eigenvalue weighted by atomic mass is 32.2. The van der Waals surface area contributed by atoms with Crippen molar-refractivity contribution in [3.63, 3.8) is 0 Å². The van der Waals surface area contributed by atoms with Crippen LogP contribution in [0.3, 0.4) is 0 Å². The molecule has 5 atom stereocenters. The summed E-state index contributed by atoms with van der Waals surface area (Å²) in [7, 11) is -3.18. The average molecular weight is 298 g/mol. The molecule has 0 saturated heterocycles. The summed E-state index contributed by atoms with van der Waals surface area (Å²) in [5, 5.41) is -0.184. The lowest BCUT2D eigenvalue weighted by Gasteiger charge is -2.28. The number of fused-ring (bicyclic) bond motifs is 8. The molecule has 1 saturated carbocycles. The quantitative estimate of drug-likeness (QED) is 0.619. The topological polar surface area (TPSA) is 34.1 Å². The lowest BCUT2D eigenvalue weighted by molar-refractivity contribution is 0.536. The molecule has 2 nitrogen and oxygen atoms in total. The van der Waals surface area contributed by atoms with E-state index in [0.29, 0.717) is 22.6 Å². The van der Waals surface area contributed by atoms with Crippen molar-refractivity contribution in [3.05, 3.63) is 53.6 Å². The van der Waals surface area contributed by atoms with Crippen LogP contribution in [0.5, 0.6) is 0 Å². The molecule has 0 unspecified atom stereocenters. The van der Waals surface area contributed by atoms with E-state index in [9.17, 15) is 8.42 Å². The van der Waals surface area contributed by atoms with Crippen molar-refractivity contribution in [1.82, 2.24) is 0 Å². The maximum absolute atomic E-state index is 13.0. The summed E-state index contributed by atoms with van der Waals surface area (Å²) in [6, 6.07) is 9.02. The number of allylic oxidation sites excluding steroid dienone is 4. The van der Waals surface area contributed by atoms with E-state index in [1.807, 2.05) is 18.2 Å². The van der Waals surface area contributed by atoms with Crippen molar-refractivity contribution in [3.8, 4) is 0 Å². The highest BCUT2D eigenvalue weighted by Gasteiger charge is 2.56. The van der Waals surface area contributed by atoms with E-state index >= 15 is 0 Å². The smallest absolute Gasteiger partial charge is 0.181 e. The molecule has 4 bridgehead atoms. The van der Waals surface area contributed by atoms with Crippen LogP contribution < -0.4 is 0 Å². The van der Waals surface area contributed by atoms with Gasteiger partial charge in [0.05, 0.1) is 10.1 Å². The second kappa shape index (κ2) is 3.89. The summed E-state index contributed by atoms with van der Waals surface area (Å²) >= 11 is 0. The number of rotatable bonds is 2. The van der Waals surface area contributed by atoms with E-state index in [1.54, 1.807) is 17.7 Å². The first-order chi connectivity index (χ1) is 10.2. The van der Waals surface area contributed by atoms with Crippen LogP contribution in [0.25, 0.3) is 0 Å². The van der Waals surface area contributed by atoms with Gasteiger partial charge in [-0.3, -0.25) is 0 Å². The van der Waals surface area contributed by atoms with Gasteiger partial charge in [0.1, 0.15) is 0 Å². The molecule has 3 heteroatoms. The molecule has 0 heterocycles. The molecule has 0 spiro atoms. The Kier molecular flexibility index (Phi) is 2.26. The van der Waals surface area contributed by atoms with Gasteiger partial charge in [0, 0.05) is 0 Å². The molecule has 0 radical (unpaired) electrons. The van der Waals surface area contributed by atoms with Crippen LogP contribution >= 0.6 is 0 Å². The molecule has 0 amide bonds. The molecule has 108 valence electrons. The summed E-state index contributed by atoms with van der Waals surface area (Å²) in [6.45, 7) is 0. The van der Waals surface area contributed by atoms with Crippen LogP contribution in [0.4, 0.5) is 0 Å². The summed E-state index contributed by atoms with van der Waals surface area (Å²) in [6.07, 6.45) is 7.81. The fourth-order valence-corrected chi connectivity index (χ4v) is 7.39. The van der Waals surface area contributed by atoms with Gasteiger partial charge >= 0.3 is 0 Å². The summed E-state index contributed by atoms with van der Waals surface area (Å²) in [5.41, 5.74) is 3.15. The molecule has 4 aliphatic rings. The van der Waals surface area contributed by atoms with E-state index < -0.39 is 9.84 Å². The minimum absolute atomic E-state index is 0.184. The van der Waals surface area contributed by atoms with E-state index in [4.69, 9.17) is 0 Å². The summed E-state index contributed by atoms with van der Waals surface area (Å²) in [4.78, 5) is 0.503. The fourth-order valence-electron chi connectivity index (χ4n) is 5.32. The van der Waals surface area contributed by atoms with Crippen LogP contribution in [0.1, 0.15) is 19.3 Å². The molecule has 1 aromatic rings. The Labute approximate surface area is 125 Å². The Balaban J connectivity index is 1.56. The van der Waals surface area contributed by atoms with Gasteiger partial charge < -0.3 is 0 Å². The SMILES string of the molecule is O=S(=O)(c1ccccc1)[C@H]1C[C@H]2C[C@@H]1C1=C2[C@H]2C=C[C@H]1C2. The Morgan fingerprint density at radius 3 is 2.33 bits per heavy atom. The van der Waals surface area contributed by atoms with Crippen molar-refractivity contribution in [2.24, 2.45) is 23.7 Å². The maximum Gasteiger partial charge on any atom is 0.181 e. The van der Waals surface area contributed by atoms with Crippen molar-refractivity contribution < 1.29 is 8.42 Å². The van der Waals surface area contributed by atoms with Crippen LogP contribution in [-0.2, 0) is 9.84 Å². The first-order valence-electron chi connectivity index (χ1n) is 7.87. The average Bonchev–Trinajstić information content (AvgIpc) is 3.26. The molecule has 4 aliphatic carbocycles. The third-order valence-electron chi connectivity index (χ3n) is 6.03. The van der Waals surface area contributed by atoms with Crippen LogP contribution in [0.2, 0.25) is 0 Å². The first kappa shape index (κ1) is 12.2. The number of hydrogen-bond acceptors (Lipinski definition) is 2. The Morgan fingerprint density at radius 2 is 1.57 bits per heavy atom. The van der Waals surface area contributed by atoms with Crippen molar-refractivity contribution >= 4 is 9.84 Å². The van der Waals surface area contributed by atoms with Crippen molar-refractivity contribution in [2.45, 2.75) is 29.4 Å². The van der Waals surface area contributed by atoms with Gasteiger partial charge in [-0.1, -0.05) is 41.5 Å². The Morgan fingerprint density at radius 1 is 0.857 bits per heavy atom. The van der Waals surface area contributed by atoms with Crippen molar-refractivity contribution in [1.29, 1.82) is 0 Å². The largest absolute Gasteiger partial charge is 0.223 e. The van der Waals surface area contributed by atoms with E-state index in [1.165, 1.54) is 12.0 Å². The van der Waals surface area contributed by atoms with Gasteiger partial charge in [0.15, 0.2) is 9.84 Å².